The maximum atomic E-state index is 12.0. The molecule has 0 aliphatic carbocycles. The lowest BCUT2D eigenvalue weighted by atomic mass is 10.2. The number of ether oxygens (including phenoxy) is 1. The number of anilines is 1. The maximum Gasteiger partial charge on any atom is 0.420 e. The molecule has 0 saturated carbocycles. The van der Waals surface area contributed by atoms with Gasteiger partial charge in [0.05, 0.1) is 12.0 Å². The number of amides is 1. The Morgan fingerprint density at radius 1 is 1.04 bits per heavy atom. The number of hydrogen-bond acceptors (Lipinski definition) is 4. The molecule has 0 heterocycles. The van der Waals surface area contributed by atoms with Gasteiger partial charge in [0, 0.05) is 6.54 Å². The molecule has 3 N–H and O–H groups in total. The molecule has 0 aromatic heterocycles. The first kappa shape index (κ1) is 20.9. The van der Waals surface area contributed by atoms with E-state index in [2.05, 4.69) is 0 Å². The van der Waals surface area contributed by atoms with Crippen molar-refractivity contribution in [3.05, 3.63) is 65.7 Å². The van der Waals surface area contributed by atoms with Crippen molar-refractivity contribution in [2.75, 3.05) is 4.90 Å². The van der Waals surface area contributed by atoms with E-state index < -0.39 is 6.09 Å². The summed E-state index contributed by atoms with van der Waals surface area (Å²) in [4.78, 5) is 13.2. The molecule has 0 spiro atoms. The number of rotatable bonds is 5. The summed E-state index contributed by atoms with van der Waals surface area (Å²) in [6.45, 7) is 0.605. The van der Waals surface area contributed by atoms with Crippen LogP contribution >= 0.6 is 24.8 Å². The van der Waals surface area contributed by atoms with Crippen LogP contribution in [0, 0.1) is 5.41 Å². The third-order valence-corrected chi connectivity index (χ3v) is 2.98. The summed E-state index contributed by atoms with van der Waals surface area (Å²) in [7, 11) is 0. The second-order valence-electron chi connectivity index (χ2n) is 4.41. The van der Waals surface area contributed by atoms with Gasteiger partial charge in [0.25, 0.3) is 0 Å². The van der Waals surface area contributed by atoms with E-state index in [1.54, 1.807) is 12.1 Å². The fraction of sp³-hybridized carbons (Fsp3) is 0.125. The van der Waals surface area contributed by atoms with Crippen molar-refractivity contribution in [1.29, 1.82) is 5.41 Å². The normalized spacial score (nSPS) is 9.09. The number of nitrogens with one attached hydrogen (secondary N) is 1. The Morgan fingerprint density at radius 2 is 1.65 bits per heavy atom. The van der Waals surface area contributed by atoms with Gasteiger partial charge in [-0.3, -0.25) is 5.41 Å². The number of nitrogens with zero attached hydrogens (tertiary/aromatic N) is 1. The van der Waals surface area contributed by atoms with Gasteiger partial charge in [-0.1, -0.05) is 42.5 Å². The van der Waals surface area contributed by atoms with Crippen LogP contribution in [-0.2, 0) is 17.9 Å². The third-order valence-electron chi connectivity index (χ3n) is 2.98. The molecule has 2 aromatic carbocycles. The standard InChI is InChI=1S/C16H17N3O2.2ClH/c17-10-13-6-8-15(9-7-13)19(12-18)16(20)21-11-14-4-2-1-3-5-14;;/h1-9,12,18H,10-11,17H2;2*1H. The van der Waals surface area contributed by atoms with Crippen LogP contribution < -0.4 is 10.6 Å². The smallest absolute Gasteiger partial charge is 0.420 e. The lowest BCUT2D eigenvalue weighted by molar-refractivity contribution is 0.151. The Morgan fingerprint density at radius 3 is 2.17 bits per heavy atom. The van der Waals surface area contributed by atoms with Crippen LogP contribution in [0.4, 0.5) is 10.5 Å². The molecular formula is C16H19Cl2N3O2. The van der Waals surface area contributed by atoms with Crippen LogP contribution in [0.2, 0.25) is 0 Å². The van der Waals surface area contributed by atoms with Crippen LogP contribution in [0.3, 0.4) is 0 Å². The monoisotopic (exact) mass is 355 g/mol. The topological polar surface area (TPSA) is 79.4 Å². The van der Waals surface area contributed by atoms with Crippen LogP contribution in [0.25, 0.3) is 0 Å². The summed E-state index contributed by atoms with van der Waals surface area (Å²) in [6.07, 6.45) is 0.347. The molecule has 0 saturated heterocycles. The van der Waals surface area contributed by atoms with E-state index in [0.717, 1.165) is 22.4 Å². The summed E-state index contributed by atoms with van der Waals surface area (Å²) in [5.41, 5.74) is 7.96. The fourth-order valence-electron chi connectivity index (χ4n) is 1.81. The highest BCUT2D eigenvalue weighted by atomic mass is 35.5. The molecular weight excluding hydrogens is 337 g/mol. The fourth-order valence-corrected chi connectivity index (χ4v) is 1.81. The lowest BCUT2D eigenvalue weighted by Gasteiger charge is -2.17. The molecule has 0 unspecified atom stereocenters. The zero-order valence-corrected chi connectivity index (χ0v) is 14.0. The van der Waals surface area contributed by atoms with E-state index in [1.807, 2.05) is 42.5 Å². The first-order valence-corrected chi connectivity index (χ1v) is 6.54. The van der Waals surface area contributed by atoms with Gasteiger partial charge in [-0.25, -0.2) is 9.69 Å². The number of carbonyl (C=O) groups is 1. The molecule has 2 rings (SSSR count). The Hall–Kier alpha value is -2.08. The number of halogens is 2. The van der Waals surface area contributed by atoms with E-state index in [0.29, 0.717) is 12.2 Å². The van der Waals surface area contributed by atoms with Crippen molar-refractivity contribution in [2.24, 2.45) is 5.73 Å². The van der Waals surface area contributed by atoms with Crippen molar-refractivity contribution in [3.8, 4) is 0 Å². The number of hydrogen-bond donors (Lipinski definition) is 2. The summed E-state index contributed by atoms with van der Waals surface area (Å²) in [6, 6.07) is 16.5. The van der Waals surface area contributed by atoms with Gasteiger partial charge in [0.2, 0.25) is 0 Å². The second kappa shape index (κ2) is 10.6. The minimum Gasteiger partial charge on any atom is -0.444 e. The van der Waals surface area contributed by atoms with Crippen LogP contribution in [0.1, 0.15) is 11.1 Å². The van der Waals surface area contributed by atoms with Crippen molar-refractivity contribution in [3.63, 3.8) is 0 Å². The quantitative estimate of drug-likeness (QED) is 0.633. The molecule has 5 nitrogen and oxygen atoms in total. The first-order valence-electron chi connectivity index (χ1n) is 6.54. The molecule has 0 radical (unpaired) electrons. The predicted octanol–water partition coefficient (Wildman–Crippen LogP) is 3.74. The van der Waals surface area contributed by atoms with E-state index in [9.17, 15) is 4.79 Å². The van der Waals surface area contributed by atoms with Crippen molar-refractivity contribution >= 4 is 42.9 Å². The minimum absolute atomic E-state index is 0. The average Bonchev–Trinajstić information content (AvgIpc) is 2.55. The van der Waals surface area contributed by atoms with Crippen molar-refractivity contribution < 1.29 is 9.53 Å². The lowest BCUT2D eigenvalue weighted by Crippen LogP contribution is -2.29. The average molecular weight is 356 g/mol. The summed E-state index contributed by atoms with van der Waals surface area (Å²) in [5.74, 6) is 0. The minimum atomic E-state index is -0.589. The summed E-state index contributed by atoms with van der Waals surface area (Å²) >= 11 is 0. The molecule has 0 atom stereocenters. The SMILES string of the molecule is Cl.Cl.N=CN(C(=O)OCc1ccccc1)c1ccc(CN)cc1. The molecule has 2 aromatic rings. The van der Waals surface area contributed by atoms with E-state index >= 15 is 0 Å². The Bertz CT molecular complexity index is 606. The number of carbonyl (C=O) groups excluding carboxylic acids is 1. The van der Waals surface area contributed by atoms with Gasteiger partial charge < -0.3 is 10.5 Å². The predicted molar refractivity (Wildman–Crippen MR) is 96.7 cm³/mol. The summed E-state index contributed by atoms with van der Waals surface area (Å²) < 4.78 is 5.20. The maximum absolute atomic E-state index is 12.0. The largest absolute Gasteiger partial charge is 0.444 e. The van der Waals surface area contributed by atoms with Crippen LogP contribution in [0.15, 0.2) is 54.6 Å². The van der Waals surface area contributed by atoms with E-state index in [-0.39, 0.29) is 31.4 Å². The summed E-state index contributed by atoms with van der Waals surface area (Å²) in [5, 5.41) is 7.38. The van der Waals surface area contributed by atoms with Crippen molar-refractivity contribution in [2.45, 2.75) is 13.2 Å². The zero-order valence-electron chi connectivity index (χ0n) is 12.3. The number of benzene rings is 2. The molecule has 0 bridgehead atoms. The number of nitrogens with two attached hydrogens (primary N) is 1. The third kappa shape index (κ3) is 5.90. The van der Waals surface area contributed by atoms with E-state index in [1.165, 1.54) is 0 Å². The molecule has 0 aliphatic rings. The Labute approximate surface area is 147 Å². The highest BCUT2D eigenvalue weighted by Crippen LogP contribution is 2.15. The molecule has 23 heavy (non-hydrogen) atoms. The Kier molecular flexibility index (Phi) is 9.65. The highest BCUT2D eigenvalue weighted by Gasteiger charge is 2.15. The van der Waals surface area contributed by atoms with Crippen LogP contribution in [-0.4, -0.2) is 12.4 Å². The molecule has 0 fully saturated rings. The van der Waals surface area contributed by atoms with E-state index in [4.69, 9.17) is 15.9 Å². The van der Waals surface area contributed by atoms with Gasteiger partial charge in [-0.05, 0) is 23.3 Å². The van der Waals surface area contributed by atoms with Gasteiger partial charge in [0.15, 0.2) is 0 Å². The van der Waals surface area contributed by atoms with Gasteiger partial charge in [-0.15, -0.1) is 24.8 Å². The first-order chi connectivity index (χ1) is 10.2. The van der Waals surface area contributed by atoms with Gasteiger partial charge in [0.1, 0.15) is 6.61 Å². The molecule has 0 aliphatic heterocycles. The molecule has 7 heteroatoms. The molecule has 1 amide bonds. The van der Waals surface area contributed by atoms with Crippen molar-refractivity contribution in [1.82, 2.24) is 0 Å². The van der Waals surface area contributed by atoms with Gasteiger partial charge >= 0.3 is 6.09 Å². The Balaban J connectivity index is 0.00000242. The van der Waals surface area contributed by atoms with Gasteiger partial charge in [-0.2, -0.15) is 0 Å². The molecule has 124 valence electrons. The zero-order chi connectivity index (χ0) is 15.1. The van der Waals surface area contributed by atoms with Crippen LogP contribution in [0.5, 0.6) is 0 Å². The highest BCUT2D eigenvalue weighted by molar-refractivity contribution is 6.03. The second-order valence-corrected chi connectivity index (χ2v) is 4.41.